The maximum absolute atomic E-state index is 11.4. The minimum atomic E-state index is -0.261. The van der Waals surface area contributed by atoms with Gasteiger partial charge < -0.3 is 24.6 Å². The third-order valence-corrected chi connectivity index (χ3v) is 5.48. The van der Waals surface area contributed by atoms with E-state index in [9.17, 15) is 4.79 Å². The van der Waals surface area contributed by atoms with Crippen molar-refractivity contribution in [1.29, 1.82) is 0 Å². The Balaban J connectivity index is 1.58. The summed E-state index contributed by atoms with van der Waals surface area (Å²) in [5, 5.41) is 3.46. The average molecular weight is 468 g/mol. The first-order chi connectivity index (χ1) is 16.1. The fourth-order valence-corrected chi connectivity index (χ4v) is 3.53. The Morgan fingerprint density at radius 1 is 1.12 bits per heavy atom. The van der Waals surface area contributed by atoms with Gasteiger partial charge in [-0.05, 0) is 49.5 Å². The zero-order valence-electron chi connectivity index (χ0n) is 18.5. The van der Waals surface area contributed by atoms with E-state index < -0.39 is 0 Å². The number of carbonyl (C=O) groups is 1. The summed E-state index contributed by atoms with van der Waals surface area (Å²) in [6.07, 6.45) is 1.69. The number of likely N-dealkylation sites (N-methyl/N-ethyl adjacent to an activating group) is 1. The summed E-state index contributed by atoms with van der Waals surface area (Å²) < 4.78 is 11.9. The van der Waals surface area contributed by atoms with E-state index >= 15 is 0 Å². The summed E-state index contributed by atoms with van der Waals surface area (Å²) in [5.41, 5.74) is 1.43. The van der Waals surface area contributed by atoms with Crippen LogP contribution in [0.5, 0.6) is 17.4 Å². The molecular formula is C24H26ClN5O3. The van der Waals surface area contributed by atoms with Crippen LogP contribution >= 0.6 is 11.6 Å². The highest BCUT2D eigenvalue weighted by Gasteiger charge is 2.19. The van der Waals surface area contributed by atoms with Gasteiger partial charge >= 0.3 is 0 Å². The highest BCUT2D eigenvalue weighted by Crippen LogP contribution is 2.31. The molecule has 9 heteroatoms. The summed E-state index contributed by atoms with van der Waals surface area (Å²) in [5.74, 6) is 2.06. The Labute approximate surface area is 197 Å². The van der Waals surface area contributed by atoms with E-state index in [-0.39, 0.29) is 11.8 Å². The van der Waals surface area contributed by atoms with Crippen LogP contribution in [0, 0.1) is 0 Å². The quantitative estimate of drug-likeness (QED) is 0.397. The highest BCUT2D eigenvalue weighted by molar-refractivity contribution is 6.29. The molecule has 1 aliphatic rings. The normalized spacial score (nSPS) is 14.2. The smallest absolute Gasteiger partial charge is 0.239 e. The number of alkyl halides is 1. The molecule has 0 spiro atoms. The van der Waals surface area contributed by atoms with Gasteiger partial charge in [0.2, 0.25) is 17.7 Å². The lowest BCUT2D eigenvalue weighted by atomic mass is 10.2. The Kier molecular flexibility index (Phi) is 7.26. The van der Waals surface area contributed by atoms with Crippen LogP contribution in [0.3, 0.4) is 0 Å². The number of ether oxygens (including phenoxy) is 2. The number of carbonyl (C=O) groups excluding carboxylic acids is 1. The number of piperazine rings is 1. The van der Waals surface area contributed by atoms with Crippen LogP contribution < -0.4 is 19.7 Å². The molecule has 0 bridgehead atoms. The predicted molar refractivity (Wildman–Crippen MR) is 131 cm³/mol. The molecule has 8 nitrogen and oxygen atoms in total. The van der Waals surface area contributed by atoms with Gasteiger partial charge in [-0.1, -0.05) is 12.7 Å². The second-order valence-electron chi connectivity index (χ2n) is 7.71. The molecule has 1 saturated heterocycles. The molecule has 1 amide bonds. The first-order valence-corrected chi connectivity index (χ1v) is 11.2. The van der Waals surface area contributed by atoms with Gasteiger partial charge in [-0.3, -0.25) is 4.79 Å². The zero-order valence-corrected chi connectivity index (χ0v) is 19.2. The SMILES string of the molecule is C=CCOc1nc(N2CCN(C)CC2)nc2ccc(Oc3ccc(NC(=O)CCl)cc3)cc12. The largest absolute Gasteiger partial charge is 0.473 e. The van der Waals surface area contributed by atoms with Crippen LogP contribution in [-0.2, 0) is 4.79 Å². The molecular weight excluding hydrogens is 442 g/mol. The van der Waals surface area contributed by atoms with Crippen LogP contribution in [-0.4, -0.2) is 66.5 Å². The molecule has 33 heavy (non-hydrogen) atoms. The van der Waals surface area contributed by atoms with Crippen LogP contribution in [0.1, 0.15) is 0 Å². The van der Waals surface area contributed by atoms with Crippen LogP contribution in [0.15, 0.2) is 55.1 Å². The Hall–Kier alpha value is -3.36. The number of anilines is 2. The number of fused-ring (bicyclic) bond motifs is 1. The second kappa shape index (κ2) is 10.5. The summed E-state index contributed by atoms with van der Waals surface area (Å²) in [7, 11) is 2.11. The van der Waals surface area contributed by atoms with Gasteiger partial charge in [-0.2, -0.15) is 4.98 Å². The summed E-state index contributed by atoms with van der Waals surface area (Å²) in [6.45, 7) is 7.74. The van der Waals surface area contributed by atoms with Crippen LogP contribution in [0.4, 0.5) is 11.6 Å². The maximum Gasteiger partial charge on any atom is 0.239 e. The topological polar surface area (TPSA) is 79.8 Å². The number of amides is 1. The predicted octanol–water partition coefficient (Wildman–Crippen LogP) is 3.92. The number of hydrogen-bond acceptors (Lipinski definition) is 7. The molecule has 4 rings (SSSR count). The molecule has 1 aromatic heterocycles. The Bertz CT molecular complexity index is 1130. The summed E-state index contributed by atoms with van der Waals surface area (Å²) in [6, 6.07) is 12.7. The van der Waals surface area contributed by atoms with E-state index in [2.05, 4.69) is 28.7 Å². The number of benzene rings is 2. The van der Waals surface area contributed by atoms with Crippen molar-refractivity contribution in [3.05, 3.63) is 55.1 Å². The lowest BCUT2D eigenvalue weighted by Gasteiger charge is -2.32. The van der Waals surface area contributed by atoms with Gasteiger partial charge in [0.15, 0.2) is 0 Å². The Morgan fingerprint density at radius 3 is 2.55 bits per heavy atom. The number of nitrogens with one attached hydrogen (secondary N) is 1. The molecule has 2 aromatic carbocycles. The first kappa shape index (κ1) is 22.8. The minimum absolute atomic E-state index is 0.0931. The zero-order chi connectivity index (χ0) is 23.2. The fraction of sp³-hybridized carbons (Fsp3) is 0.292. The van der Waals surface area contributed by atoms with E-state index in [1.807, 2.05) is 18.2 Å². The number of aromatic nitrogens is 2. The van der Waals surface area contributed by atoms with Gasteiger partial charge in [0, 0.05) is 31.9 Å². The third kappa shape index (κ3) is 5.71. The number of rotatable bonds is 8. The van der Waals surface area contributed by atoms with Crippen molar-refractivity contribution in [1.82, 2.24) is 14.9 Å². The minimum Gasteiger partial charge on any atom is -0.473 e. The summed E-state index contributed by atoms with van der Waals surface area (Å²) in [4.78, 5) is 25.4. The maximum atomic E-state index is 11.4. The lowest BCUT2D eigenvalue weighted by molar-refractivity contribution is -0.113. The van der Waals surface area contributed by atoms with E-state index in [4.69, 9.17) is 31.0 Å². The van der Waals surface area contributed by atoms with Crippen LogP contribution in [0.25, 0.3) is 10.9 Å². The van der Waals surface area contributed by atoms with Crippen molar-refractivity contribution in [3.63, 3.8) is 0 Å². The highest BCUT2D eigenvalue weighted by atomic mass is 35.5. The number of hydrogen-bond donors (Lipinski definition) is 1. The molecule has 2 heterocycles. The molecule has 172 valence electrons. The summed E-state index contributed by atoms with van der Waals surface area (Å²) >= 11 is 5.53. The van der Waals surface area contributed by atoms with Crippen molar-refractivity contribution in [3.8, 4) is 17.4 Å². The van der Waals surface area contributed by atoms with Crippen molar-refractivity contribution >= 4 is 40.0 Å². The van der Waals surface area contributed by atoms with Gasteiger partial charge in [0.25, 0.3) is 0 Å². The van der Waals surface area contributed by atoms with Crippen molar-refractivity contribution in [2.45, 2.75) is 0 Å². The van der Waals surface area contributed by atoms with Crippen molar-refractivity contribution in [2.24, 2.45) is 0 Å². The number of halogens is 1. The van der Waals surface area contributed by atoms with Gasteiger partial charge in [-0.25, -0.2) is 4.98 Å². The van der Waals surface area contributed by atoms with Crippen molar-refractivity contribution < 1.29 is 14.3 Å². The van der Waals surface area contributed by atoms with E-state index in [1.54, 1.807) is 30.3 Å². The van der Waals surface area contributed by atoms with E-state index in [1.165, 1.54) is 0 Å². The molecule has 1 fully saturated rings. The molecule has 0 saturated carbocycles. The average Bonchev–Trinajstić information content (AvgIpc) is 2.84. The first-order valence-electron chi connectivity index (χ1n) is 10.7. The molecule has 0 radical (unpaired) electrons. The van der Waals surface area contributed by atoms with Gasteiger partial charge in [0.05, 0.1) is 10.9 Å². The molecule has 3 aromatic rings. The third-order valence-electron chi connectivity index (χ3n) is 5.24. The molecule has 1 N–H and O–H groups in total. The Morgan fingerprint density at radius 2 is 1.85 bits per heavy atom. The molecule has 0 atom stereocenters. The number of nitrogens with zero attached hydrogens (tertiary/aromatic N) is 4. The molecule has 1 aliphatic heterocycles. The van der Waals surface area contributed by atoms with Gasteiger partial charge in [-0.15, -0.1) is 11.6 Å². The van der Waals surface area contributed by atoms with Crippen LogP contribution in [0.2, 0.25) is 0 Å². The fourth-order valence-electron chi connectivity index (χ4n) is 3.46. The van der Waals surface area contributed by atoms with Crippen molar-refractivity contribution in [2.75, 3.05) is 55.9 Å². The molecule has 0 unspecified atom stereocenters. The monoisotopic (exact) mass is 467 g/mol. The van der Waals surface area contributed by atoms with E-state index in [0.717, 1.165) is 37.1 Å². The van der Waals surface area contributed by atoms with E-state index in [0.29, 0.717) is 35.6 Å². The molecule has 0 aliphatic carbocycles. The lowest BCUT2D eigenvalue weighted by Crippen LogP contribution is -2.45. The standard InChI is InChI=1S/C24H26ClN5O3/c1-3-14-32-23-20-15-19(33-18-6-4-17(5-7-18)26-22(31)16-25)8-9-21(20)27-24(28-23)30-12-10-29(2)11-13-30/h3-9,15H,1,10-14,16H2,2H3,(H,26,31). The van der Waals surface area contributed by atoms with Gasteiger partial charge in [0.1, 0.15) is 24.0 Å². The second-order valence-corrected chi connectivity index (χ2v) is 7.97.